The van der Waals surface area contributed by atoms with E-state index in [1.54, 1.807) is 0 Å². The van der Waals surface area contributed by atoms with Gasteiger partial charge in [-0.1, -0.05) is 149 Å². The number of hydrogen-bond acceptors (Lipinski definition) is 13. The Bertz CT molecular complexity index is 1670. The Kier molecular flexibility index (Phi) is 44.0. The van der Waals surface area contributed by atoms with E-state index in [9.17, 15) is 24.0 Å². The number of carbonyl (C=O) groups is 5. The Morgan fingerprint density at radius 1 is 0.481 bits per heavy atom. The van der Waals surface area contributed by atoms with Gasteiger partial charge in [0.05, 0.1) is 13.0 Å². The Morgan fingerprint density at radius 3 is 1.47 bits per heavy atom. The molecule has 1 heterocycles. The van der Waals surface area contributed by atoms with Crippen LogP contribution in [-0.2, 0) is 72.2 Å². The molecule has 0 bridgehead atoms. The molecule has 1 aromatic rings. The predicted octanol–water partition coefficient (Wildman–Crippen LogP) is 15.0. The molecular formula is C63H108N2O12. The van der Waals surface area contributed by atoms with E-state index in [4.69, 9.17) is 33.2 Å². The second-order valence-electron chi connectivity index (χ2n) is 21.2. The smallest absolute Gasteiger partial charge is 0.407 e. The van der Waals surface area contributed by atoms with Crippen molar-refractivity contribution in [2.24, 2.45) is 0 Å². The molecule has 14 nitrogen and oxygen atoms in total. The van der Waals surface area contributed by atoms with E-state index in [0.29, 0.717) is 81.6 Å². The number of alkyl carbamates (subject to hydrolysis) is 1. The Labute approximate surface area is 466 Å². The number of carbonyl (C=O) groups excluding carboxylic acids is 5. The molecule has 1 saturated heterocycles. The molecule has 0 aliphatic carbocycles. The van der Waals surface area contributed by atoms with Crippen molar-refractivity contribution in [3.05, 3.63) is 47.0 Å². The lowest BCUT2D eigenvalue weighted by molar-refractivity contribution is -0.160. The number of benzene rings is 1. The first-order valence-corrected chi connectivity index (χ1v) is 30.9. The van der Waals surface area contributed by atoms with Crippen molar-refractivity contribution in [3.63, 3.8) is 0 Å². The molecule has 2 rings (SSSR count). The van der Waals surface area contributed by atoms with Gasteiger partial charge < -0.3 is 43.4 Å². The van der Waals surface area contributed by atoms with Gasteiger partial charge in [-0.25, -0.2) is 4.79 Å². The number of nitrogens with zero attached hydrogens (tertiary/aromatic N) is 1. The Balaban J connectivity index is 2.00. The highest BCUT2D eigenvalue weighted by atomic mass is 16.7. The normalized spacial score (nSPS) is 13.1. The van der Waals surface area contributed by atoms with Gasteiger partial charge in [0.1, 0.15) is 25.9 Å². The quantitative estimate of drug-likeness (QED) is 0.0216. The number of amides is 1. The van der Waals surface area contributed by atoms with Gasteiger partial charge in [-0.2, -0.15) is 0 Å². The number of ether oxygens (including phenoxy) is 7. The Morgan fingerprint density at radius 2 is 0.922 bits per heavy atom. The average Bonchev–Trinajstić information content (AvgIpc) is 3.95. The van der Waals surface area contributed by atoms with Crippen molar-refractivity contribution in [1.29, 1.82) is 0 Å². The summed E-state index contributed by atoms with van der Waals surface area (Å²) in [4.78, 5) is 66.6. The van der Waals surface area contributed by atoms with Crippen LogP contribution >= 0.6 is 0 Å². The summed E-state index contributed by atoms with van der Waals surface area (Å²) < 4.78 is 40.8. The minimum atomic E-state index is -0.482. The SMILES string of the molecule is CCCCCC=CCCOC(=O)CCCCCCC(=O)OCc1cc(COC(=O)CCC(CCCCCC)OC(=O)NCCN2CCCC2)cc(COC(=O)CCC(OCCCCCCCC)OCCCCCCCC)c1. The molecule has 0 spiro atoms. The molecule has 14 heteroatoms. The van der Waals surface area contributed by atoms with Crippen LogP contribution < -0.4 is 5.32 Å². The maximum absolute atomic E-state index is 13.2. The van der Waals surface area contributed by atoms with Gasteiger partial charge in [-0.3, -0.25) is 19.2 Å². The maximum atomic E-state index is 13.2. The van der Waals surface area contributed by atoms with Gasteiger partial charge in [0.2, 0.25) is 0 Å². The van der Waals surface area contributed by atoms with Crippen LogP contribution in [-0.4, -0.2) is 93.3 Å². The maximum Gasteiger partial charge on any atom is 0.407 e. The van der Waals surface area contributed by atoms with Crippen LogP contribution in [0.25, 0.3) is 0 Å². The second kappa shape index (κ2) is 49.1. The van der Waals surface area contributed by atoms with Crippen molar-refractivity contribution in [1.82, 2.24) is 10.2 Å². The topological polar surface area (TPSA) is 165 Å². The van der Waals surface area contributed by atoms with E-state index in [2.05, 4.69) is 50.1 Å². The molecule has 1 aliphatic heterocycles. The van der Waals surface area contributed by atoms with Crippen LogP contribution in [0.5, 0.6) is 0 Å². The molecule has 1 atom stereocenters. The summed E-state index contributed by atoms with van der Waals surface area (Å²) in [7, 11) is 0. The number of esters is 4. The summed E-state index contributed by atoms with van der Waals surface area (Å²) in [6.45, 7) is 13.7. The van der Waals surface area contributed by atoms with E-state index in [1.165, 1.54) is 83.5 Å². The third kappa shape index (κ3) is 40.8. The summed E-state index contributed by atoms with van der Waals surface area (Å²) in [6, 6.07) is 5.49. The summed E-state index contributed by atoms with van der Waals surface area (Å²) in [6.07, 6.45) is 33.8. The number of rotatable bonds is 51. The van der Waals surface area contributed by atoms with Crippen molar-refractivity contribution in [3.8, 4) is 0 Å². The number of nitrogens with one attached hydrogen (secondary N) is 1. The van der Waals surface area contributed by atoms with Gasteiger partial charge >= 0.3 is 30.0 Å². The van der Waals surface area contributed by atoms with Crippen LogP contribution in [0.15, 0.2) is 30.4 Å². The fourth-order valence-corrected chi connectivity index (χ4v) is 9.25. The highest BCUT2D eigenvalue weighted by Gasteiger charge is 2.19. The highest BCUT2D eigenvalue weighted by Crippen LogP contribution is 2.19. The number of allylic oxidation sites excluding steroid dienone is 1. The fourth-order valence-electron chi connectivity index (χ4n) is 9.25. The lowest BCUT2D eigenvalue weighted by Crippen LogP contribution is -2.35. The van der Waals surface area contributed by atoms with Crippen LogP contribution in [0, 0.1) is 0 Å². The van der Waals surface area contributed by atoms with Crippen molar-refractivity contribution < 1.29 is 57.1 Å². The first-order chi connectivity index (χ1) is 37.6. The third-order valence-corrected chi connectivity index (χ3v) is 13.9. The van der Waals surface area contributed by atoms with E-state index >= 15 is 0 Å². The van der Waals surface area contributed by atoms with Gasteiger partial charge in [0, 0.05) is 52.0 Å². The first kappa shape index (κ1) is 69.1. The van der Waals surface area contributed by atoms with Crippen molar-refractivity contribution in [2.45, 2.75) is 278 Å². The molecule has 1 N–H and O–H groups in total. The monoisotopic (exact) mass is 1080 g/mol. The minimum absolute atomic E-state index is 0.00789. The third-order valence-electron chi connectivity index (χ3n) is 13.9. The first-order valence-electron chi connectivity index (χ1n) is 30.9. The average molecular weight is 1090 g/mol. The van der Waals surface area contributed by atoms with Gasteiger partial charge in [0.15, 0.2) is 6.29 Å². The molecule has 1 unspecified atom stereocenters. The van der Waals surface area contributed by atoms with Crippen LogP contribution in [0.2, 0.25) is 0 Å². The predicted molar refractivity (Wildman–Crippen MR) is 306 cm³/mol. The highest BCUT2D eigenvalue weighted by molar-refractivity contribution is 5.71. The van der Waals surface area contributed by atoms with Crippen LogP contribution in [0.3, 0.4) is 0 Å². The molecule has 442 valence electrons. The summed E-state index contributed by atoms with van der Waals surface area (Å²) >= 11 is 0. The number of hydrogen-bond donors (Lipinski definition) is 1. The van der Waals surface area contributed by atoms with E-state index in [-0.39, 0.29) is 57.0 Å². The molecule has 77 heavy (non-hydrogen) atoms. The zero-order chi connectivity index (χ0) is 55.7. The second-order valence-corrected chi connectivity index (χ2v) is 21.2. The lowest BCUT2D eigenvalue weighted by atomic mass is 10.1. The lowest BCUT2D eigenvalue weighted by Gasteiger charge is -2.19. The summed E-state index contributed by atoms with van der Waals surface area (Å²) in [5.74, 6) is -1.32. The fraction of sp³-hybridized carbons (Fsp3) is 0.794. The number of likely N-dealkylation sites (tertiary alicyclic amines) is 1. The standard InChI is InChI=1S/C63H108N2O12/c1-5-9-13-17-20-25-31-45-71-58(66)35-27-21-22-28-36-59(67)74-51-54-48-55(52-75-60(68)38-37-57(34-26-16-12-8-4)77-63(70)64-41-44-65-42-29-30-43-65)50-56(49-54)53-76-61(69)39-40-62(72-46-32-23-18-14-10-6-2)73-47-33-24-19-15-11-7-3/h20,25,48-50,57,62H,5-19,21-24,26-47,51-53H2,1-4H3,(H,64,70). The van der Waals surface area contributed by atoms with Crippen molar-refractivity contribution in [2.75, 3.05) is 46.0 Å². The zero-order valence-corrected chi connectivity index (χ0v) is 49.0. The van der Waals surface area contributed by atoms with Crippen LogP contribution in [0.1, 0.15) is 263 Å². The van der Waals surface area contributed by atoms with Gasteiger partial charge in [-0.05, 0) is 125 Å². The molecule has 0 aromatic heterocycles. The zero-order valence-electron chi connectivity index (χ0n) is 49.0. The van der Waals surface area contributed by atoms with Gasteiger partial charge in [0.25, 0.3) is 0 Å². The molecule has 0 radical (unpaired) electrons. The van der Waals surface area contributed by atoms with E-state index < -0.39 is 24.5 Å². The van der Waals surface area contributed by atoms with E-state index in [1.807, 2.05) is 18.2 Å². The Hall–Kier alpha value is -4.01. The molecule has 1 aliphatic rings. The summed E-state index contributed by atoms with van der Waals surface area (Å²) in [5.41, 5.74) is 2.00. The van der Waals surface area contributed by atoms with Crippen molar-refractivity contribution >= 4 is 30.0 Å². The molecular weight excluding hydrogens is 977 g/mol. The van der Waals surface area contributed by atoms with E-state index in [0.717, 1.165) is 96.7 Å². The van der Waals surface area contributed by atoms with Crippen LogP contribution in [0.4, 0.5) is 4.79 Å². The molecule has 1 fully saturated rings. The number of unbranched alkanes of at least 4 members (excludes halogenated alkanes) is 19. The van der Waals surface area contributed by atoms with Gasteiger partial charge in [-0.15, -0.1) is 0 Å². The molecule has 0 saturated carbocycles. The largest absolute Gasteiger partial charge is 0.465 e. The molecule has 1 aromatic carbocycles. The molecule has 1 amide bonds. The minimum Gasteiger partial charge on any atom is -0.465 e. The summed E-state index contributed by atoms with van der Waals surface area (Å²) in [5, 5.41) is 2.89.